The van der Waals surface area contributed by atoms with E-state index >= 15 is 0 Å². The molecule has 272 valence electrons. The van der Waals surface area contributed by atoms with Crippen molar-refractivity contribution in [3.05, 3.63) is 88.1 Å². The molecule has 0 fully saturated rings. The number of ether oxygens (including phenoxy) is 5. The summed E-state index contributed by atoms with van der Waals surface area (Å²) >= 11 is 0. The highest BCUT2D eigenvalue weighted by atomic mass is 19.1. The van der Waals surface area contributed by atoms with Crippen molar-refractivity contribution in [2.45, 2.75) is 6.92 Å². The minimum atomic E-state index is -1.03. The van der Waals surface area contributed by atoms with Crippen molar-refractivity contribution in [2.75, 3.05) is 76.6 Å². The Bertz CT molecular complexity index is 2150. The van der Waals surface area contributed by atoms with E-state index in [2.05, 4.69) is 0 Å². The zero-order chi connectivity index (χ0) is 36.9. The van der Waals surface area contributed by atoms with E-state index in [1.807, 2.05) is 25.1 Å². The molecule has 0 atom stereocenters. The van der Waals surface area contributed by atoms with Crippen molar-refractivity contribution < 1.29 is 51.6 Å². The summed E-state index contributed by atoms with van der Waals surface area (Å²) in [6.07, 6.45) is 0. The van der Waals surface area contributed by atoms with Gasteiger partial charge in [-0.1, -0.05) is 12.1 Å². The number of nitrogens with zero attached hydrogens (tertiary/aromatic N) is 2. The number of aryl methyl sites for hydroxylation is 1. The lowest BCUT2D eigenvalue weighted by Crippen LogP contribution is -2.36. The largest absolute Gasteiger partial charge is 0.505 e. The molecule has 0 spiro atoms. The van der Waals surface area contributed by atoms with Gasteiger partial charge in [0.25, 0.3) is 0 Å². The maximum Gasteiger partial charge on any atom is 0.325 e. The van der Waals surface area contributed by atoms with Crippen LogP contribution >= 0.6 is 0 Å². The standard InChI is InChI=1S/C38H36F2N2O10/c1-22-4-6-28-34(14-22)50-12-13-51-35-15-23(38-24-16-26(39)30(43)18-32(24)52-33-19-31(44)27(40)17-25(33)38)5-7-29(35)42(21-37(46)48-3)9-11-49-10-8-41(28)20-36(45)47-2/h4-7,14-19,43H,8-13,20-21H2,1-3H3. The molecule has 3 aromatic carbocycles. The van der Waals surface area contributed by atoms with Gasteiger partial charge in [0.15, 0.2) is 17.4 Å². The summed E-state index contributed by atoms with van der Waals surface area (Å²) in [5, 5.41) is 10.3. The molecule has 52 heavy (non-hydrogen) atoms. The predicted molar refractivity (Wildman–Crippen MR) is 188 cm³/mol. The smallest absolute Gasteiger partial charge is 0.325 e. The van der Waals surface area contributed by atoms with Crippen molar-refractivity contribution in [3.63, 3.8) is 0 Å². The van der Waals surface area contributed by atoms with Crippen LogP contribution in [0.5, 0.6) is 17.2 Å². The quantitative estimate of drug-likeness (QED) is 0.186. The summed E-state index contributed by atoms with van der Waals surface area (Å²) in [7, 11) is 2.59. The van der Waals surface area contributed by atoms with Crippen molar-refractivity contribution in [3.8, 4) is 39.7 Å². The molecular formula is C38H36F2N2O10. The predicted octanol–water partition coefficient (Wildman–Crippen LogP) is 5.30. The molecule has 0 bridgehead atoms. The van der Waals surface area contributed by atoms with Crippen molar-refractivity contribution in [1.29, 1.82) is 0 Å². The monoisotopic (exact) mass is 718 g/mol. The molecule has 2 aliphatic heterocycles. The third kappa shape index (κ3) is 7.71. The third-order valence-corrected chi connectivity index (χ3v) is 8.59. The van der Waals surface area contributed by atoms with Crippen LogP contribution in [0.3, 0.4) is 0 Å². The zero-order valence-corrected chi connectivity index (χ0v) is 28.7. The lowest BCUT2D eigenvalue weighted by Gasteiger charge is -2.27. The van der Waals surface area contributed by atoms with E-state index in [4.69, 9.17) is 28.1 Å². The number of halogens is 2. The summed E-state index contributed by atoms with van der Waals surface area (Å²) in [5.41, 5.74) is 2.15. The van der Waals surface area contributed by atoms with Crippen LogP contribution in [-0.4, -0.2) is 83.9 Å². The number of fused-ring (bicyclic) bond motifs is 4. The van der Waals surface area contributed by atoms with Crippen molar-refractivity contribution >= 4 is 34.3 Å². The van der Waals surface area contributed by atoms with Gasteiger partial charge in [0, 0.05) is 41.7 Å². The summed E-state index contributed by atoms with van der Waals surface area (Å²) < 4.78 is 63.8. The molecule has 1 aliphatic carbocycles. The number of esters is 2. The first-order valence-electron chi connectivity index (χ1n) is 16.4. The van der Waals surface area contributed by atoms with Crippen LogP contribution in [0.25, 0.3) is 33.4 Å². The number of carbonyl (C=O) groups is 2. The van der Waals surface area contributed by atoms with Gasteiger partial charge in [-0.3, -0.25) is 14.4 Å². The second-order valence-electron chi connectivity index (χ2n) is 12.0. The van der Waals surface area contributed by atoms with E-state index in [9.17, 15) is 28.3 Å². The maximum atomic E-state index is 14.8. The van der Waals surface area contributed by atoms with Gasteiger partial charge < -0.3 is 43.0 Å². The highest BCUT2D eigenvalue weighted by Crippen LogP contribution is 2.44. The number of methoxy groups -OCH3 is 2. The number of hydrogen-bond acceptors (Lipinski definition) is 12. The molecule has 0 unspecified atom stereocenters. The number of benzene rings is 4. The van der Waals surface area contributed by atoms with Gasteiger partial charge in [0.05, 0.1) is 38.8 Å². The molecule has 6 rings (SSSR count). The number of hydrogen-bond donors (Lipinski definition) is 1. The van der Waals surface area contributed by atoms with Crippen molar-refractivity contribution in [1.82, 2.24) is 0 Å². The number of carbonyl (C=O) groups excluding carboxylic acids is 2. The van der Waals surface area contributed by atoms with E-state index in [1.54, 1.807) is 28.0 Å². The summed E-state index contributed by atoms with van der Waals surface area (Å²) in [6, 6.07) is 14.8. The van der Waals surface area contributed by atoms with Gasteiger partial charge in [-0.2, -0.15) is 0 Å². The maximum absolute atomic E-state index is 14.8. The fourth-order valence-corrected chi connectivity index (χ4v) is 6.02. The van der Waals surface area contributed by atoms with Gasteiger partial charge >= 0.3 is 11.9 Å². The molecule has 0 saturated carbocycles. The first-order valence-corrected chi connectivity index (χ1v) is 16.4. The van der Waals surface area contributed by atoms with Gasteiger partial charge in [-0.05, 0) is 54.4 Å². The Labute approximate surface area is 297 Å². The van der Waals surface area contributed by atoms with Crippen LogP contribution < -0.4 is 24.7 Å². The molecule has 0 saturated heterocycles. The van der Waals surface area contributed by atoms with Crippen LogP contribution in [0, 0.1) is 18.6 Å². The first kappa shape index (κ1) is 35.9. The van der Waals surface area contributed by atoms with Crippen LogP contribution in [0.4, 0.5) is 20.2 Å². The van der Waals surface area contributed by atoms with Gasteiger partial charge in [0.1, 0.15) is 49.1 Å². The van der Waals surface area contributed by atoms with Crippen LogP contribution in [0.2, 0.25) is 0 Å². The minimum Gasteiger partial charge on any atom is -0.505 e. The molecule has 14 heteroatoms. The molecule has 2 heterocycles. The van der Waals surface area contributed by atoms with E-state index in [1.165, 1.54) is 14.2 Å². The number of rotatable bonds is 5. The number of aromatic hydroxyl groups is 1. The molecule has 3 aliphatic rings. The number of phenolic OH excluding ortho intramolecular Hbond substituents is 1. The fourth-order valence-electron chi connectivity index (χ4n) is 6.02. The average molecular weight is 719 g/mol. The van der Waals surface area contributed by atoms with Crippen LogP contribution in [0.15, 0.2) is 69.9 Å². The molecular weight excluding hydrogens is 682 g/mol. The molecule has 1 N–H and O–H groups in total. The Morgan fingerprint density at radius 1 is 0.788 bits per heavy atom. The Morgan fingerprint density at radius 3 is 2.04 bits per heavy atom. The lowest BCUT2D eigenvalue weighted by molar-refractivity contribution is -0.139. The summed E-state index contributed by atoms with van der Waals surface area (Å²) in [6.45, 7) is 2.76. The average Bonchev–Trinajstić information content (AvgIpc) is 3.12. The Balaban J connectivity index is 1.45. The summed E-state index contributed by atoms with van der Waals surface area (Å²) in [4.78, 5) is 40.7. The highest BCUT2D eigenvalue weighted by molar-refractivity contribution is 6.02. The second kappa shape index (κ2) is 15.6. The number of phenols is 1. The Morgan fingerprint density at radius 2 is 1.40 bits per heavy atom. The molecule has 0 radical (unpaired) electrons. The van der Waals surface area contributed by atoms with Crippen molar-refractivity contribution in [2.24, 2.45) is 0 Å². The first-order chi connectivity index (χ1) is 25.1. The highest BCUT2D eigenvalue weighted by Gasteiger charge is 2.24. The van der Waals surface area contributed by atoms with Gasteiger partial charge in [-0.25, -0.2) is 8.78 Å². The fraction of sp³-hybridized carbons (Fsp3) is 0.289. The molecule has 3 aromatic rings. The third-order valence-electron chi connectivity index (χ3n) is 8.59. The number of anilines is 2. The molecule has 12 nitrogen and oxygen atoms in total. The van der Waals surface area contributed by atoms with Gasteiger partial charge in [-0.15, -0.1) is 0 Å². The zero-order valence-electron chi connectivity index (χ0n) is 28.7. The second-order valence-corrected chi connectivity index (χ2v) is 12.0. The minimum absolute atomic E-state index is 0.0186. The topological polar surface area (TPSA) is 137 Å². The Hall–Kier alpha value is -5.89. The normalized spacial score (nSPS) is 14.0. The van der Waals surface area contributed by atoms with Gasteiger partial charge in [0.2, 0.25) is 5.43 Å². The molecule has 0 aromatic heterocycles. The summed E-state index contributed by atoms with van der Waals surface area (Å²) in [5.74, 6) is -2.77. The van der Waals surface area contributed by atoms with E-state index in [-0.39, 0.29) is 68.4 Å². The lowest BCUT2D eigenvalue weighted by atomic mass is 9.93. The molecule has 0 amide bonds. The van der Waals surface area contributed by atoms with E-state index in [0.717, 1.165) is 29.8 Å². The Kier molecular flexibility index (Phi) is 10.7. The van der Waals surface area contributed by atoms with Crippen LogP contribution in [0.1, 0.15) is 5.56 Å². The SMILES string of the molecule is COC(=O)CN1CCOCCN(CC(=O)OC)c2ccc(-c3c4cc(F)c(=O)cc-4oc4cc(O)c(F)cc34)cc2OCCOc2cc(C)ccc21. The van der Waals surface area contributed by atoms with Crippen LogP contribution in [-0.2, 0) is 23.8 Å². The van der Waals surface area contributed by atoms with E-state index < -0.39 is 34.8 Å². The van der Waals surface area contributed by atoms with E-state index in [0.29, 0.717) is 40.5 Å².